The van der Waals surface area contributed by atoms with E-state index >= 15 is 0 Å². The lowest BCUT2D eigenvalue weighted by molar-refractivity contribution is 0.0635. The van der Waals surface area contributed by atoms with E-state index < -0.39 is 11.7 Å². The summed E-state index contributed by atoms with van der Waals surface area (Å²) in [5.74, 6) is -0.352. The molecular weight excluding hydrogens is 237 g/mol. The molecule has 1 aliphatic heterocycles. The van der Waals surface area contributed by atoms with Crippen molar-refractivity contribution < 1.29 is 18.7 Å². The highest BCUT2D eigenvalue weighted by Crippen LogP contribution is 2.35. The van der Waals surface area contributed by atoms with Gasteiger partial charge in [-0.1, -0.05) is 0 Å². The number of halogens is 1. The number of carbonyl (C=O) groups excluding carboxylic acids is 1. The molecule has 1 atom stereocenters. The molecule has 0 bridgehead atoms. The van der Waals surface area contributed by atoms with Crippen LogP contribution in [0.5, 0.6) is 0 Å². The van der Waals surface area contributed by atoms with Crippen molar-refractivity contribution in [3.8, 4) is 0 Å². The molecule has 0 saturated carbocycles. The second-order valence-electron chi connectivity index (χ2n) is 5.18. The van der Waals surface area contributed by atoms with Crippen LogP contribution in [0.1, 0.15) is 32.4 Å². The van der Waals surface area contributed by atoms with Gasteiger partial charge >= 0.3 is 6.09 Å². The number of nitrogens with one attached hydrogen (secondary N) is 1. The van der Waals surface area contributed by atoms with E-state index in [9.17, 15) is 9.18 Å². The average molecular weight is 253 g/mol. The predicted octanol–water partition coefficient (Wildman–Crippen LogP) is 3.24. The molecule has 1 aromatic carbocycles. The van der Waals surface area contributed by atoms with Crippen molar-refractivity contribution in [2.24, 2.45) is 0 Å². The number of ether oxygens (including phenoxy) is 2. The van der Waals surface area contributed by atoms with Gasteiger partial charge in [0.2, 0.25) is 0 Å². The van der Waals surface area contributed by atoms with Gasteiger partial charge in [0.25, 0.3) is 0 Å². The zero-order valence-electron chi connectivity index (χ0n) is 10.6. The second-order valence-corrected chi connectivity index (χ2v) is 5.18. The Hall–Kier alpha value is -1.62. The van der Waals surface area contributed by atoms with E-state index in [2.05, 4.69) is 5.32 Å². The fourth-order valence-corrected chi connectivity index (χ4v) is 1.56. The number of hydrogen-bond donors (Lipinski definition) is 1. The zero-order chi connectivity index (χ0) is 13.3. The molecule has 0 aliphatic carbocycles. The number of epoxide rings is 1. The molecule has 98 valence electrons. The third-order valence-electron chi connectivity index (χ3n) is 2.33. The number of carbonyl (C=O) groups is 1. The molecule has 1 amide bonds. The molecule has 1 N–H and O–H groups in total. The van der Waals surface area contributed by atoms with Crippen LogP contribution < -0.4 is 5.32 Å². The van der Waals surface area contributed by atoms with Gasteiger partial charge in [-0.05, 0) is 39.0 Å². The van der Waals surface area contributed by atoms with Crippen LogP contribution in [0.2, 0.25) is 0 Å². The topological polar surface area (TPSA) is 50.9 Å². The van der Waals surface area contributed by atoms with E-state index in [1.807, 2.05) is 0 Å². The smallest absolute Gasteiger partial charge is 0.412 e. The number of anilines is 1. The van der Waals surface area contributed by atoms with Gasteiger partial charge in [0.05, 0.1) is 12.3 Å². The second kappa shape index (κ2) is 4.57. The molecule has 1 aliphatic rings. The van der Waals surface area contributed by atoms with Crippen molar-refractivity contribution >= 4 is 11.8 Å². The summed E-state index contributed by atoms with van der Waals surface area (Å²) in [6.45, 7) is 5.89. The lowest BCUT2D eigenvalue weighted by Gasteiger charge is -2.20. The Morgan fingerprint density at radius 2 is 2.17 bits per heavy atom. The fraction of sp³-hybridized carbons (Fsp3) is 0.462. The maximum Gasteiger partial charge on any atom is 0.412 e. The first-order valence-corrected chi connectivity index (χ1v) is 5.76. The van der Waals surface area contributed by atoms with E-state index in [0.717, 1.165) is 0 Å². The number of hydrogen-bond acceptors (Lipinski definition) is 3. The molecule has 4 nitrogen and oxygen atoms in total. The largest absolute Gasteiger partial charge is 0.444 e. The van der Waals surface area contributed by atoms with Crippen molar-refractivity contribution in [3.05, 3.63) is 29.6 Å². The highest BCUT2D eigenvalue weighted by Gasteiger charge is 2.29. The van der Waals surface area contributed by atoms with Crippen molar-refractivity contribution in [2.75, 3.05) is 11.9 Å². The normalized spacial score (nSPS) is 18.3. The lowest BCUT2D eigenvalue weighted by atomic mass is 10.1. The third-order valence-corrected chi connectivity index (χ3v) is 2.33. The standard InChI is InChI=1S/C13H16FNO3/c1-13(2,3)18-12(16)15-10-5-4-8(14)6-9(10)11-7-17-11/h4-6,11H,7H2,1-3H3,(H,15,16)/t11-/m0/s1. The lowest BCUT2D eigenvalue weighted by Crippen LogP contribution is -2.27. The van der Waals surface area contributed by atoms with Crippen molar-refractivity contribution in [2.45, 2.75) is 32.5 Å². The first-order chi connectivity index (χ1) is 8.35. The van der Waals surface area contributed by atoms with Gasteiger partial charge in [-0.25, -0.2) is 9.18 Å². The fourth-order valence-electron chi connectivity index (χ4n) is 1.56. The van der Waals surface area contributed by atoms with Crippen LogP contribution in [0.15, 0.2) is 18.2 Å². The molecule has 0 radical (unpaired) electrons. The molecule has 1 saturated heterocycles. The van der Waals surface area contributed by atoms with Gasteiger partial charge in [-0.2, -0.15) is 0 Å². The van der Waals surface area contributed by atoms with E-state index in [1.54, 1.807) is 20.8 Å². The van der Waals surface area contributed by atoms with Crippen LogP contribution in [0, 0.1) is 5.82 Å². The summed E-state index contributed by atoms with van der Waals surface area (Å²) < 4.78 is 23.4. The molecule has 5 heteroatoms. The average Bonchev–Trinajstić information content (AvgIpc) is 3.01. The number of benzene rings is 1. The summed E-state index contributed by atoms with van der Waals surface area (Å²) in [7, 11) is 0. The van der Waals surface area contributed by atoms with Gasteiger partial charge in [0.1, 0.15) is 17.5 Å². The third kappa shape index (κ3) is 3.43. The Bertz CT molecular complexity index is 464. The summed E-state index contributed by atoms with van der Waals surface area (Å²) >= 11 is 0. The quantitative estimate of drug-likeness (QED) is 0.823. The van der Waals surface area contributed by atoms with Gasteiger partial charge in [-0.15, -0.1) is 0 Å². The van der Waals surface area contributed by atoms with Crippen LogP contribution >= 0.6 is 0 Å². The highest BCUT2D eigenvalue weighted by molar-refractivity contribution is 5.86. The molecule has 0 unspecified atom stereocenters. The van der Waals surface area contributed by atoms with Crippen molar-refractivity contribution in [1.29, 1.82) is 0 Å². The van der Waals surface area contributed by atoms with Crippen molar-refractivity contribution in [1.82, 2.24) is 0 Å². The highest BCUT2D eigenvalue weighted by atomic mass is 19.1. The number of rotatable bonds is 2. The first-order valence-electron chi connectivity index (χ1n) is 5.76. The minimum atomic E-state index is -0.569. The number of amides is 1. The molecule has 0 aromatic heterocycles. The summed E-state index contributed by atoms with van der Waals surface area (Å²) in [5, 5.41) is 2.61. The van der Waals surface area contributed by atoms with E-state index in [1.165, 1.54) is 18.2 Å². The Morgan fingerprint density at radius 3 is 2.72 bits per heavy atom. The monoisotopic (exact) mass is 253 g/mol. The van der Waals surface area contributed by atoms with Crippen LogP contribution in [0.4, 0.5) is 14.9 Å². The molecule has 2 rings (SSSR count). The Morgan fingerprint density at radius 1 is 1.50 bits per heavy atom. The van der Waals surface area contributed by atoms with Gasteiger partial charge in [0.15, 0.2) is 0 Å². The molecule has 0 spiro atoms. The minimum absolute atomic E-state index is 0.134. The Kier molecular flexibility index (Phi) is 3.26. The molecule has 18 heavy (non-hydrogen) atoms. The summed E-state index contributed by atoms with van der Waals surface area (Å²) in [6.07, 6.45) is -0.693. The Labute approximate surface area is 105 Å². The SMILES string of the molecule is CC(C)(C)OC(=O)Nc1ccc(F)cc1[C@@H]1CO1. The van der Waals surface area contributed by atoms with Crippen molar-refractivity contribution in [3.63, 3.8) is 0 Å². The molecule has 1 heterocycles. The van der Waals surface area contributed by atoms with Crippen LogP contribution in [0.3, 0.4) is 0 Å². The maximum atomic E-state index is 13.1. The maximum absolute atomic E-state index is 13.1. The first kappa shape index (κ1) is 12.8. The van der Waals surface area contributed by atoms with E-state index in [-0.39, 0.29) is 11.9 Å². The minimum Gasteiger partial charge on any atom is -0.444 e. The van der Waals surface area contributed by atoms with E-state index in [4.69, 9.17) is 9.47 Å². The molecular formula is C13H16FNO3. The Balaban J connectivity index is 2.11. The van der Waals surface area contributed by atoms with Gasteiger partial charge in [0, 0.05) is 5.56 Å². The molecule has 1 aromatic rings. The van der Waals surface area contributed by atoms with E-state index in [0.29, 0.717) is 17.9 Å². The summed E-state index contributed by atoms with van der Waals surface area (Å²) in [6, 6.07) is 4.17. The van der Waals surface area contributed by atoms with Crippen LogP contribution in [-0.4, -0.2) is 18.3 Å². The predicted molar refractivity (Wildman–Crippen MR) is 64.9 cm³/mol. The molecule has 1 fully saturated rings. The van der Waals surface area contributed by atoms with Crippen LogP contribution in [0.25, 0.3) is 0 Å². The van der Waals surface area contributed by atoms with Gasteiger partial charge < -0.3 is 9.47 Å². The van der Waals surface area contributed by atoms with Crippen LogP contribution in [-0.2, 0) is 9.47 Å². The summed E-state index contributed by atoms with van der Waals surface area (Å²) in [4.78, 5) is 11.6. The summed E-state index contributed by atoms with van der Waals surface area (Å²) in [5.41, 5.74) is 0.592. The van der Waals surface area contributed by atoms with Gasteiger partial charge in [-0.3, -0.25) is 5.32 Å². The zero-order valence-corrected chi connectivity index (χ0v) is 10.6.